The molecule has 0 aromatic heterocycles. The first-order valence-corrected chi connectivity index (χ1v) is 9.08. The van der Waals surface area contributed by atoms with Crippen LogP contribution in [0.15, 0.2) is 47.6 Å². The second-order valence-electron chi connectivity index (χ2n) is 6.96. The summed E-state index contributed by atoms with van der Waals surface area (Å²) in [6.07, 6.45) is 1.49. The van der Waals surface area contributed by atoms with Gasteiger partial charge in [-0.05, 0) is 25.8 Å². The highest BCUT2D eigenvalue weighted by molar-refractivity contribution is 5.92. The van der Waals surface area contributed by atoms with E-state index in [0.717, 1.165) is 12.5 Å². The van der Waals surface area contributed by atoms with E-state index in [1.807, 2.05) is 6.92 Å². The minimum absolute atomic E-state index is 0.0226. The molecule has 0 saturated carbocycles. The van der Waals surface area contributed by atoms with Gasteiger partial charge in [-0.1, -0.05) is 24.8 Å². The van der Waals surface area contributed by atoms with E-state index in [1.54, 1.807) is 12.2 Å². The molecule has 0 spiro atoms. The lowest BCUT2D eigenvalue weighted by atomic mass is 9.83. The Balaban J connectivity index is 2.62. The molecular weight excluding hydrogens is 380 g/mol. The molecule has 0 radical (unpaired) electrons. The summed E-state index contributed by atoms with van der Waals surface area (Å²) in [7, 11) is 0. The van der Waals surface area contributed by atoms with E-state index < -0.39 is 48.7 Å². The second-order valence-corrected chi connectivity index (χ2v) is 6.96. The van der Waals surface area contributed by atoms with Crippen molar-refractivity contribution >= 4 is 24.2 Å². The van der Waals surface area contributed by atoms with Crippen molar-refractivity contribution in [2.24, 2.45) is 5.92 Å². The fourth-order valence-corrected chi connectivity index (χ4v) is 3.29. The fourth-order valence-electron chi connectivity index (χ4n) is 3.29. The molecular formula is C21H24O8. The van der Waals surface area contributed by atoms with Crippen LogP contribution in [0, 0.1) is 5.92 Å². The van der Waals surface area contributed by atoms with Gasteiger partial charge in [-0.15, -0.1) is 0 Å². The summed E-state index contributed by atoms with van der Waals surface area (Å²) in [6, 6.07) is 0. The van der Waals surface area contributed by atoms with Crippen molar-refractivity contribution in [3.63, 3.8) is 0 Å². The largest absolute Gasteiger partial charge is 0.454 e. The number of aliphatic hydroxyl groups is 1. The lowest BCUT2D eigenvalue weighted by Crippen LogP contribution is -2.45. The van der Waals surface area contributed by atoms with Gasteiger partial charge >= 0.3 is 17.9 Å². The molecule has 0 amide bonds. The number of fused-ring (bicyclic) bond motifs is 1. The van der Waals surface area contributed by atoms with Crippen molar-refractivity contribution in [1.82, 2.24) is 0 Å². The molecule has 1 aliphatic heterocycles. The molecule has 0 aromatic carbocycles. The molecule has 0 unspecified atom stereocenters. The van der Waals surface area contributed by atoms with Crippen LogP contribution >= 0.6 is 0 Å². The summed E-state index contributed by atoms with van der Waals surface area (Å²) in [6.45, 7) is 9.52. The van der Waals surface area contributed by atoms with Crippen molar-refractivity contribution < 1.29 is 38.5 Å². The molecule has 8 heteroatoms. The smallest absolute Gasteiger partial charge is 0.336 e. The predicted octanol–water partition coefficient (Wildman–Crippen LogP) is 1.34. The molecule has 156 valence electrons. The third-order valence-electron chi connectivity index (χ3n) is 4.76. The summed E-state index contributed by atoms with van der Waals surface area (Å²) in [5.74, 6) is -3.24. The van der Waals surface area contributed by atoms with E-state index in [9.17, 15) is 24.3 Å². The van der Waals surface area contributed by atoms with Crippen molar-refractivity contribution in [2.75, 3.05) is 6.61 Å². The van der Waals surface area contributed by atoms with Crippen LogP contribution in [0.5, 0.6) is 0 Å². The highest BCUT2D eigenvalue weighted by Gasteiger charge is 2.49. The maximum Gasteiger partial charge on any atom is 0.336 e. The summed E-state index contributed by atoms with van der Waals surface area (Å²) in [4.78, 5) is 48.1. The van der Waals surface area contributed by atoms with Crippen molar-refractivity contribution in [3.05, 3.63) is 47.6 Å². The Morgan fingerprint density at radius 1 is 1.38 bits per heavy atom. The van der Waals surface area contributed by atoms with Gasteiger partial charge in [0.15, 0.2) is 12.2 Å². The fraction of sp³-hybridized carbons (Fsp3) is 0.429. The first-order valence-electron chi connectivity index (χ1n) is 9.08. The van der Waals surface area contributed by atoms with E-state index in [2.05, 4.69) is 13.2 Å². The first kappa shape index (κ1) is 22.3. The van der Waals surface area contributed by atoms with Gasteiger partial charge < -0.3 is 19.3 Å². The lowest BCUT2D eigenvalue weighted by molar-refractivity contribution is -0.166. The number of aldehydes is 1. The molecule has 0 aromatic rings. The average molecular weight is 404 g/mol. The number of carbonyl (C=O) groups excluding carboxylic acids is 4. The quantitative estimate of drug-likeness (QED) is 0.240. The summed E-state index contributed by atoms with van der Waals surface area (Å²) >= 11 is 0. The number of carbonyl (C=O) groups is 4. The maximum absolute atomic E-state index is 12.4. The zero-order chi connectivity index (χ0) is 21.7. The topological polar surface area (TPSA) is 116 Å². The number of aliphatic hydroxyl groups excluding tert-OH is 1. The number of esters is 3. The van der Waals surface area contributed by atoms with Crippen LogP contribution in [-0.2, 0) is 33.4 Å². The molecule has 2 rings (SSSR count). The molecule has 1 saturated heterocycles. The Hall–Kier alpha value is -3.00. The normalized spacial score (nSPS) is 30.6. The van der Waals surface area contributed by atoms with Crippen LogP contribution in [-0.4, -0.2) is 54.2 Å². The lowest BCUT2D eigenvalue weighted by Gasteiger charge is -2.33. The van der Waals surface area contributed by atoms with Gasteiger partial charge in [0, 0.05) is 18.1 Å². The highest BCUT2D eigenvalue weighted by Crippen LogP contribution is 2.37. The third kappa shape index (κ3) is 5.08. The van der Waals surface area contributed by atoms with Crippen LogP contribution in [0.4, 0.5) is 0 Å². The van der Waals surface area contributed by atoms with Gasteiger partial charge in [0.1, 0.15) is 12.4 Å². The highest BCUT2D eigenvalue weighted by atomic mass is 16.6. The zero-order valence-electron chi connectivity index (χ0n) is 16.4. The van der Waals surface area contributed by atoms with Crippen LogP contribution < -0.4 is 0 Å². The molecule has 1 N–H and O–H groups in total. The molecule has 2 aliphatic rings. The Kier molecular flexibility index (Phi) is 7.28. The summed E-state index contributed by atoms with van der Waals surface area (Å²) in [5, 5.41) is 9.18. The average Bonchev–Trinajstić information content (AvgIpc) is 2.93. The molecule has 0 bridgehead atoms. The van der Waals surface area contributed by atoms with Crippen LogP contribution in [0.1, 0.15) is 26.7 Å². The molecule has 29 heavy (non-hydrogen) atoms. The van der Waals surface area contributed by atoms with E-state index in [1.165, 1.54) is 0 Å². The molecule has 1 aliphatic carbocycles. The van der Waals surface area contributed by atoms with Crippen molar-refractivity contribution in [3.8, 4) is 0 Å². The van der Waals surface area contributed by atoms with Crippen LogP contribution in [0.3, 0.4) is 0 Å². The Bertz CT molecular complexity index is 803. The number of ether oxygens (including phenoxy) is 3. The van der Waals surface area contributed by atoms with Gasteiger partial charge in [-0.2, -0.15) is 0 Å². The molecule has 8 nitrogen and oxygen atoms in total. The van der Waals surface area contributed by atoms with Crippen molar-refractivity contribution in [2.45, 2.75) is 45.0 Å². The molecule has 4 atom stereocenters. The van der Waals surface area contributed by atoms with Crippen molar-refractivity contribution in [1.29, 1.82) is 0 Å². The number of hydrogen-bond acceptors (Lipinski definition) is 8. The zero-order valence-corrected chi connectivity index (χ0v) is 16.4. The van der Waals surface area contributed by atoms with E-state index >= 15 is 0 Å². The van der Waals surface area contributed by atoms with Gasteiger partial charge in [-0.25, -0.2) is 9.59 Å². The van der Waals surface area contributed by atoms with E-state index in [-0.39, 0.29) is 16.7 Å². The maximum atomic E-state index is 12.4. The number of hydrogen-bond donors (Lipinski definition) is 1. The minimum Gasteiger partial charge on any atom is -0.454 e. The first-order chi connectivity index (χ1) is 13.7. The molecule has 1 fully saturated rings. The van der Waals surface area contributed by atoms with Gasteiger partial charge in [0.25, 0.3) is 0 Å². The third-order valence-corrected chi connectivity index (χ3v) is 4.76. The van der Waals surface area contributed by atoms with E-state index in [4.69, 9.17) is 14.2 Å². The Morgan fingerprint density at radius 3 is 2.66 bits per heavy atom. The second kappa shape index (κ2) is 9.47. The standard InChI is InChI=1S/C21H24O8/c1-11-6-5-7-15(10-23)18(27-14(4)24)19(29-20(25)12(2)9-22)17-13(3)21(26)28-16(17)8-11/h7-8,10,16-19,22H,2-3,5-6,9H2,1,4H3/b11-8+,15-7-/t16-,17+,18+,19+/m1/s1. The Morgan fingerprint density at radius 2 is 2.07 bits per heavy atom. The van der Waals surface area contributed by atoms with Crippen LogP contribution in [0.2, 0.25) is 0 Å². The number of allylic oxidation sites excluding steroid dienone is 2. The van der Waals surface area contributed by atoms with E-state index in [0.29, 0.717) is 19.1 Å². The SMILES string of the molecule is C=C(CO)C(=O)O[C@H]1[C@H]2C(=C)C(=O)O[C@@H]2/C=C(\C)CC/C=C(/C=O)[C@@H]1OC(C)=O. The molecule has 1 heterocycles. The summed E-state index contributed by atoms with van der Waals surface area (Å²) in [5.41, 5.74) is 0.779. The summed E-state index contributed by atoms with van der Waals surface area (Å²) < 4.78 is 16.2. The van der Waals surface area contributed by atoms with Gasteiger partial charge in [-0.3, -0.25) is 9.59 Å². The van der Waals surface area contributed by atoms with Gasteiger partial charge in [0.2, 0.25) is 0 Å². The minimum atomic E-state index is -1.29. The van der Waals surface area contributed by atoms with Crippen LogP contribution in [0.25, 0.3) is 0 Å². The number of rotatable bonds is 5. The monoisotopic (exact) mass is 404 g/mol. The Labute approximate surface area is 168 Å². The predicted molar refractivity (Wildman–Crippen MR) is 101 cm³/mol. The van der Waals surface area contributed by atoms with Gasteiger partial charge in [0.05, 0.1) is 18.1 Å².